The molecular weight excluding hydrogens is 326 g/mol. The summed E-state index contributed by atoms with van der Waals surface area (Å²) in [6.07, 6.45) is 0.895. The van der Waals surface area contributed by atoms with Crippen molar-refractivity contribution in [3.8, 4) is 5.75 Å². The fourth-order valence-electron chi connectivity index (χ4n) is 4.54. The average molecular weight is 353 g/mol. The first kappa shape index (κ1) is 17.1. The van der Waals surface area contributed by atoms with E-state index in [4.69, 9.17) is 4.74 Å². The van der Waals surface area contributed by atoms with Crippen LogP contribution in [-0.4, -0.2) is 40.8 Å². The first-order chi connectivity index (χ1) is 12.3. The van der Waals surface area contributed by atoms with Gasteiger partial charge in [-0.15, -0.1) is 0 Å². The van der Waals surface area contributed by atoms with Crippen LogP contribution in [0.15, 0.2) is 30.3 Å². The smallest absolute Gasteiger partial charge is 0.233 e. The molecule has 1 atom stereocenters. The Labute approximate surface area is 154 Å². The number of nitrogens with zero attached hydrogens (tertiary/aromatic N) is 3. The Balaban J connectivity index is 1.54. The number of carbonyl (C=O) groups is 1. The molecule has 2 aliphatic rings. The fourth-order valence-corrected chi connectivity index (χ4v) is 4.54. The molecule has 1 aliphatic carbocycles. The monoisotopic (exact) mass is 353 g/mol. The summed E-state index contributed by atoms with van der Waals surface area (Å²) in [5, 5.41) is 4.57. The molecule has 2 aromatic rings. The molecule has 1 unspecified atom stereocenters. The number of methoxy groups -OCH3 is 1. The fraction of sp³-hybridized carbons (Fsp3) is 0.524. The summed E-state index contributed by atoms with van der Waals surface area (Å²) in [6.45, 7) is 9.95. The zero-order chi connectivity index (χ0) is 18.7. The number of aromatic nitrogens is 2. The molecule has 1 saturated carbocycles. The van der Waals surface area contributed by atoms with E-state index in [2.05, 4.69) is 36.6 Å². The standard InChI is InChI=1S/C21H27N3O2/c1-14-10-15(2)24(22-14)17-11-23(12-17)19(25)21(13-20(21,3)4)16-6-8-18(26-5)9-7-16/h6-10,17H,11-13H2,1-5H3. The lowest BCUT2D eigenvalue weighted by atomic mass is 9.85. The molecule has 0 N–H and O–H groups in total. The second-order valence-electron chi connectivity index (χ2n) is 8.43. The van der Waals surface area contributed by atoms with Gasteiger partial charge in [-0.1, -0.05) is 26.0 Å². The topological polar surface area (TPSA) is 47.4 Å². The van der Waals surface area contributed by atoms with E-state index >= 15 is 0 Å². The molecule has 5 heteroatoms. The van der Waals surface area contributed by atoms with Crippen molar-refractivity contribution in [1.82, 2.24) is 14.7 Å². The maximum absolute atomic E-state index is 13.4. The number of ether oxygens (including phenoxy) is 1. The number of benzene rings is 1. The number of carbonyl (C=O) groups excluding carboxylic acids is 1. The Morgan fingerprint density at radius 2 is 1.81 bits per heavy atom. The lowest BCUT2D eigenvalue weighted by Crippen LogP contribution is -2.55. The highest BCUT2D eigenvalue weighted by Crippen LogP contribution is 2.65. The van der Waals surface area contributed by atoms with Gasteiger partial charge < -0.3 is 9.64 Å². The van der Waals surface area contributed by atoms with E-state index in [1.807, 2.05) is 36.1 Å². The summed E-state index contributed by atoms with van der Waals surface area (Å²) in [6, 6.07) is 10.4. The van der Waals surface area contributed by atoms with Gasteiger partial charge in [0.1, 0.15) is 5.75 Å². The zero-order valence-corrected chi connectivity index (χ0v) is 16.2. The van der Waals surface area contributed by atoms with Crippen LogP contribution in [0.4, 0.5) is 0 Å². The van der Waals surface area contributed by atoms with Crippen molar-refractivity contribution in [2.24, 2.45) is 5.41 Å². The highest BCUT2D eigenvalue weighted by molar-refractivity contribution is 5.93. The molecule has 1 aromatic carbocycles. The number of hydrogen-bond donors (Lipinski definition) is 0. The van der Waals surface area contributed by atoms with Crippen LogP contribution in [0.1, 0.15) is 43.3 Å². The van der Waals surface area contributed by atoms with Crippen LogP contribution in [0.2, 0.25) is 0 Å². The van der Waals surface area contributed by atoms with Crippen molar-refractivity contribution in [2.45, 2.75) is 45.6 Å². The van der Waals surface area contributed by atoms with Gasteiger partial charge in [0.05, 0.1) is 24.3 Å². The minimum absolute atomic E-state index is 0.0119. The summed E-state index contributed by atoms with van der Waals surface area (Å²) in [4.78, 5) is 15.4. The van der Waals surface area contributed by atoms with Gasteiger partial charge >= 0.3 is 0 Å². The largest absolute Gasteiger partial charge is 0.497 e. The summed E-state index contributed by atoms with van der Waals surface area (Å²) in [5.41, 5.74) is 2.88. The third-order valence-corrected chi connectivity index (χ3v) is 6.23. The van der Waals surface area contributed by atoms with Gasteiger partial charge in [0, 0.05) is 18.8 Å². The molecule has 26 heavy (non-hydrogen) atoms. The Kier molecular flexibility index (Phi) is 3.69. The number of amides is 1. The highest BCUT2D eigenvalue weighted by Gasteiger charge is 2.68. The number of hydrogen-bond acceptors (Lipinski definition) is 3. The van der Waals surface area contributed by atoms with E-state index in [1.165, 1.54) is 0 Å². The first-order valence-corrected chi connectivity index (χ1v) is 9.25. The molecule has 138 valence electrons. The Hall–Kier alpha value is -2.30. The van der Waals surface area contributed by atoms with Crippen molar-refractivity contribution in [1.29, 1.82) is 0 Å². The zero-order valence-electron chi connectivity index (χ0n) is 16.2. The maximum atomic E-state index is 13.4. The van der Waals surface area contributed by atoms with Gasteiger partial charge in [-0.3, -0.25) is 9.48 Å². The van der Waals surface area contributed by atoms with E-state index in [0.717, 1.165) is 42.2 Å². The summed E-state index contributed by atoms with van der Waals surface area (Å²) < 4.78 is 7.33. The van der Waals surface area contributed by atoms with Crippen LogP contribution in [0.3, 0.4) is 0 Å². The number of aryl methyl sites for hydroxylation is 2. The summed E-state index contributed by atoms with van der Waals surface area (Å²) >= 11 is 0. The van der Waals surface area contributed by atoms with E-state index in [-0.39, 0.29) is 11.3 Å². The second-order valence-corrected chi connectivity index (χ2v) is 8.43. The molecule has 0 spiro atoms. The lowest BCUT2D eigenvalue weighted by Gasteiger charge is -2.42. The van der Waals surface area contributed by atoms with Crippen LogP contribution < -0.4 is 4.74 Å². The lowest BCUT2D eigenvalue weighted by molar-refractivity contribution is -0.141. The van der Waals surface area contributed by atoms with Crippen LogP contribution in [-0.2, 0) is 10.2 Å². The van der Waals surface area contributed by atoms with Crippen molar-refractivity contribution in [3.63, 3.8) is 0 Å². The molecule has 0 bridgehead atoms. The van der Waals surface area contributed by atoms with Gasteiger partial charge in [-0.25, -0.2) is 0 Å². The number of rotatable bonds is 4. The molecule has 2 fully saturated rings. The van der Waals surface area contributed by atoms with Gasteiger partial charge in [0.15, 0.2) is 0 Å². The van der Waals surface area contributed by atoms with Crippen molar-refractivity contribution in [3.05, 3.63) is 47.3 Å². The maximum Gasteiger partial charge on any atom is 0.233 e. The van der Waals surface area contributed by atoms with Gasteiger partial charge in [-0.05, 0) is 49.4 Å². The minimum Gasteiger partial charge on any atom is -0.497 e. The SMILES string of the molecule is COc1ccc(C2(C(=O)N3CC(n4nc(C)cc4C)C3)CC2(C)C)cc1. The molecular formula is C21H27N3O2. The van der Waals surface area contributed by atoms with E-state index in [1.54, 1.807) is 7.11 Å². The van der Waals surface area contributed by atoms with Gasteiger partial charge in [0.2, 0.25) is 5.91 Å². The van der Waals surface area contributed by atoms with Crippen molar-refractivity contribution < 1.29 is 9.53 Å². The van der Waals surface area contributed by atoms with Crippen LogP contribution in [0, 0.1) is 19.3 Å². The second kappa shape index (κ2) is 5.60. The molecule has 5 nitrogen and oxygen atoms in total. The molecule has 1 aliphatic heterocycles. The predicted octanol–water partition coefficient (Wildman–Crippen LogP) is 3.26. The normalized spacial score (nSPS) is 24.3. The summed E-state index contributed by atoms with van der Waals surface area (Å²) in [7, 11) is 1.66. The highest BCUT2D eigenvalue weighted by atomic mass is 16.5. The van der Waals surface area contributed by atoms with Crippen LogP contribution in [0.25, 0.3) is 0 Å². The molecule has 4 rings (SSSR count). The Morgan fingerprint density at radius 1 is 1.19 bits per heavy atom. The van der Waals surface area contributed by atoms with Gasteiger partial charge in [-0.2, -0.15) is 5.10 Å². The predicted molar refractivity (Wildman–Crippen MR) is 100 cm³/mol. The van der Waals surface area contributed by atoms with Crippen molar-refractivity contribution >= 4 is 5.91 Å². The molecule has 1 aromatic heterocycles. The Morgan fingerprint density at radius 3 is 2.27 bits per heavy atom. The quantitative estimate of drug-likeness (QED) is 0.848. The molecule has 2 heterocycles. The van der Waals surface area contributed by atoms with E-state index in [0.29, 0.717) is 6.04 Å². The molecule has 0 radical (unpaired) electrons. The van der Waals surface area contributed by atoms with Crippen LogP contribution >= 0.6 is 0 Å². The first-order valence-electron chi connectivity index (χ1n) is 9.25. The average Bonchev–Trinajstić information content (AvgIpc) is 3.01. The molecule has 1 amide bonds. The Bertz CT molecular complexity index is 847. The third kappa shape index (κ3) is 2.37. The molecule has 1 saturated heterocycles. The summed E-state index contributed by atoms with van der Waals surface area (Å²) in [5.74, 6) is 1.08. The van der Waals surface area contributed by atoms with E-state index in [9.17, 15) is 4.79 Å². The van der Waals surface area contributed by atoms with Crippen molar-refractivity contribution in [2.75, 3.05) is 20.2 Å². The van der Waals surface area contributed by atoms with Gasteiger partial charge in [0.25, 0.3) is 0 Å². The third-order valence-electron chi connectivity index (χ3n) is 6.23. The number of likely N-dealkylation sites (tertiary alicyclic amines) is 1. The minimum atomic E-state index is -0.403. The van der Waals surface area contributed by atoms with Crippen LogP contribution in [0.5, 0.6) is 5.75 Å². The van der Waals surface area contributed by atoms with E-state index < -0.39 is 5.41 Å².